The molecule has 0 aromatic heterocycles. The van der Waals surface area contributed by atoms with Crippen LogP contribution in [0.25, 0.3) is 0 Å². The van der Waals surface area contributed by atoms with Crippen LogP contribution in [0.5, 0.6) is 0 Å². The summed E-state index contributed by atoms with van der Waals surface area (Å²) in [4.78, 5) is 0. The van der Waals surface area contributed by atoms with E-state index >= 15 is 0 Å². The molecule has 0 saturated heterocycles. The Balaban J connectivity index is 2.38. The van der Waals surface area contributed by atoms with E-state index in [0.29, 0.717) is 5.25 Å². The van der Waals surface area contributed by atoms with Crippen molar-refractivity contribution in [2.24, 2.45) is 17.8 Å². The minimum absolute atomic E-state index is 0.686. The van der Waals surface area contributed by atoms with Gasteiger partial charge < -0.3 is 0 Å². The van der Waals surface area contributed by atoms with Gasteiger partial charge in [-0.2, -0.15) is 11.8 Å². The topological polar surface area (TPSA) is 0 Å². The second kappa shape index (κ2) is 6.74. The monoisotopic (exact) mass is 240 g/mol. The zero-order valence-electron chi connectivity index (χ0n) is 11.6. The molecule has 0 aromatic rings. The molecular formula is C15H28S. The van der Waals surface area contributed by atoms with E-state index in [0.717, 1.165) is 17.8 Å². The molecule has 94 valence electrons. The Hall–Kier alpha value is 0.0900. The highest BCUT2D eigenvalue weighted by atomic mass is 32.2. The summed E-state index contributed by atoms with van der Waals surface area (Å²) >= 11 is 2.14. The van der Waals surface area contributed by atoms with Crippen molar-refractivity contribution in [1.29, 1.82) is 0 Å². The second-order valence-electron chi connectivity index (χ2n) is 5.83. The van der Waals surface area contributed by atoms with Crippen LogP contribution >= 0.6 is 11.8 Å². The third-order valence-corrected chi connectivity index (χ3v) is 5.14. The van der Waals surface area contributed by atoms with E-state index in [1.807, 2.05) is 0 Å². The average molecular weight is 240 g/mol. The highest BCUT2D eigenvalue weighted by molar-refractivity contribution is 8.00. The van der Waals surface area contributed by atoms with Crippen LogP contribution in [0.3, 0.4) is 0 Å². The Labute approximate surface area is 106 Å². The third-order valence-electron chi connectivity index (χ3n) is 3.90. The summed E-state index contributed by atoms with van der Waals surface area (Å²) < 4.78 is 0. The molecule has 0 bridgehead atoms. The van der Waals surface area contributed by atoms with Crippen LogP contribution in [0, 0.1) is 17.8 Å². The van der Waals surface area contributed by atoms with Gasteiger partial charge in [-0.1, -0.05) is 44.8 Å². The third kappa shape index (κ3) is 4.53. The first-order valence-electron chi connectivity index (χ1n) is 6.77. The summed E-state index contributed by atoms with van der Waals surface area (Å²) in [5, 5.41) is 0.686. The van der Waals surface area contributed by atoms with Crippen molar-refractivity contribution in [2.75, 3.05) is 5.75 Å². The van der Waals surface area contributed by atoms with Crippen LogP contribution < -0.4 is 0 Å². The lowest BCUT2D eigenvalue weighted by Crippen LogP contribution is -2.27. The number of hydrogen-bond donors (Lipinski definition) is 0. The molecule has 0 amide bonds. The SMILES string of the molecule is CC(C)=CC(C)SCC1C(C)CCCC1C. The maximum atomic E-state index is 2.45. The molecule has 1 heteroatoms. The van der Waals surface area contributed by atoms with Crippen molar-refractivity contribution in [1.82, 2.24) is 0 Å². The van der Waals surface area contributed by atoms with Gasteiger partial charge in [-0.15, -0.1) is 0 Å². The van der Waals surface area contributed by atoms with Gasteiger partial charge in [0.2, 0.25) is 0 Å². The van der Waals surface area contributed by atoms with Gasteiger partial charge in [0, 0.05) is 5.25 Å². The van der Waals surface area contributed by atoms with Crippen molar-refractivity contribution in [3.63, 3.8) is 0 Å². The first kappa shape index (κ1) is 14.2. The normalized spacial score (nSPS) is 32.2. The summed E-state index contributed by atoms with van der Waals surface area (Å²) in [5.41, 5.74) is 1.45. The summed E-state index contributed by atoms with van der Waals surface area (Å²) in [6.45, 7) is 11.6. The van der Waals surface area contributed by atoms with E-state index in [9.17, 15) is 0 Å². The first-order valence-corrected chi connectivity index (χ1v) is 7.82. The summed E-state index contributed by atoms with van der Waals surface area (Å²) in [5.74, 6) is 4.19. The van der Waals surface area contributed by atoms with Gasteiger partial charge in [-0.25, -0.2) is 0 Å². The zero-order valence-corrected chi connectivity index (χ0v) is 12.4. The second-order valence-corrected chi connectivity index (χ2v) is 7.24. The molecule has 0 nitrogen and oxygen atoms in total. The molecular weight excluding hydrogens is 212 g/mol. The highest BCUT2D eigenvalue weighted by Gasteiger charge is 2.27. The van der Waals surface area contributed by atoms with Crippen molar-refractivity contribution < 1.29 is 0 Å². The van der Waals surface area contributed by atoms with Crippen LogP contribution in [0.1, 0.15) is 53.9 Å². The Morgan fingerprint density at radius 3 is 2.31 bits per heavy atom. The van der Waals surface area contributed by atoms with E-state index in [1.54, 1.807) is 0 Å². The number of rotatable bonds is 4. The fourth-order valence-electron chi connectivity index (χ4n) is 2.86. The van der Waals surface area contributed by atoms with E-state index in [2.05, 4.69) is 52.5 Å². The molecule has 0 heterocycles. The van der Waals surface area contributed by atoms with Gasteiger partial charge >= 0.3 is 0 Å². The fraction of sp³-hybridized carbons (Fsp3) is 0.867. The maximum Gasteiger partial charge on any atom is 0.0201 e. The molecule has 1 aliphatic rings. The molecule has 1 saturated carbocycles. The van der Waals surface area contributed by atoms with Gasteiger partial charge in [0.15, 0.2) is 0 Å². The van der Waals surface area contributed by atoms with Crippen molar-refractivity contribution in [2.45, 2.75) is 59.1 Å². The molecule has 1 aliphatic carbocycles. The van der Waals surface area contributed by atoms with Crippen LogP contribution in [-0.2, 0) is 0 Å². The molecule has 1 fully saturated rings. The quantitative estimate of drug-likeness (QED) is 0.613. The molecule has 16 heavy (non-hydrogen) atoms. The van der Waals surface area contributed by atoms with Crippen molar-refractivity contribution in [3.05, 3.63) is 11.6 Å². The standard InChI is InChI=1S/C15H28S/c1-11(2)9-14(5)16-10-15-12(3)7-6-8-13(15)4/h9,12-15H,6-8,10H2,1-5H3. The van der Waals surface area contributed by atoms with Gasteiger partial charge in [0.1, 0.15) is 0 Å². The minimum Gasteiger partial charge on any atom is -0.154 e. The summed E-state index contributed by atoms with van der Waals surface area (Å²) in [6, 6.07) is 0. The lowest BCUT2D eigenvalue weighted by Gasteiger charge is -2.34. The smallest absolute Gasteiger partial charge is 0.0201 e. The maximum absolute atomic E-state index is 2.45. The summed E-state index contributed by atoms with van der Waals surface area (Å²) in [6.07, 6.45) is 6.75. The Kier molecular flexibility index (Phi) is 5.96. The van der Waals surface area contributed by atoms with Gasteiger partial charge in [0.05, 0.1) is 0 Å². The van der Waals surface area contributed by atoms with Gasteiger partial charge in [-0.05, 0) is 44.3 Å². The number of allylic oxidation sites excluding steroid dienone is 1. The highest BCUT2D eigenvalue weighted by Crippen LogP contribution is 2.37. The van der Waals surface area contributed by atoms with Crippen LogP contribution in [0.15, 0.2) is 11.6 Å². The van der Waals surface area contributed by atoms with E-state index < -0.39 is 0 Å². The van der Waals surface area contributed by atoms with E-state index in [-0.39, 0.29) is 0 Å². The van der Waals surface area contributed by atoms with Crippen LogP contribution in [-0.4, -0.2) is 11.0 Å². The Morgan fingerprint density at radius 2 is 1.81 bits per heavy atom. The lowest BCUT2D eigenvalue weighted by atomic mass is 9.75. The fourth-order valence-corrected chi connectivity index (χ4v) is 4.41. The van der Waals surface area contributed by atoms with E-state index in [1.165, 1.54) is 30.6 Å². The molecule has 0 radical (unpaired) electrons. The minimum atomic E-state index is 0.686. The first-order chi connectivity index (χ1) is 7.50. The predicted octanol–water partition coefficient (Wildman–Crippen LogP) is 5.15. The van der Waals surface area contributed by atoms with Gasteiger partial charge in [-0.3, -0.25) is 0 Å². The van der Waals surface area contributed by atoms with Crippen LogP contribution in [0.2, 0.25) is 0 Å². The number of thioether (sulfide) groups is 1. The molecule has 3 atom stereocenters. The molecule has 0 spiro atoms. The number of hydrogen-bond acceptors (Lipinski definition) is 1. The Bertz CT molecular complexity index is 218. The molecule has 0 aromatic carbocycles. The van der Waals surface area contributed by atoms with E-state index in [4.69, 9.17) is 0 Å². The predicted molar refractivity (Wildman–Crippen MR) is 77.0 cm³/mol. The zero-order chi connectivity index (χ0) is 12.1. The van der Waals surface area contributed by atoms with Crippen molar-refractivity contribution >= 4 is 11.8 Å². The molecule has 0 aliphatic heterocycles. The molecule has 3 unspecified atom stereocenters. The van der Waals surface area contributed by atoms with Crippen LogP contribution in [0.4, 0.5) is 0 Å². The molecule has 0 N–H and O–H groups in total. The largest absolute Gasteiger partial charge is 0.154 e. The Morgan fingerprint density at radius 1 is 1.25 bits per heavy atom. The molecule has 1 rings (SSSR count). The summed E-state index contributed by atoms with van der Waals surface area (Å²) in [7, 11) is 0. The lowest BCUT2D eigenvalue weighted by molar-refractivity contribution is 0.202. The van der Waals surface area contributed by atoms with Crippen molar-refractivity contribution in [3.8, 4) is 0 Å². The average Bonchev–Trinajstić information content (AvgIpc) is 2.15. The van der Waals surface area contributed by atoms with Gasteiger partial charge in [0.25, 0.3) is 0 Å².